The van der Waals surface area contributed by atoms with Crippen molar-refractivity contribution in [1.29, 1.82) is 5.26 Å². The molecule has 0 spiro atoms. The van der Waals surface area contributed by atoms with Crippen molar-refractivity contribution in [3.8, 4) is 23.3 Å². The van der Waals surface area contributed by atoms with Crippen LogP contribution in [0.1, 0.15) is 21.5 Å². The fourth-order valence-electron chi connectivity index (χ4n) is 3.76. The zero-order valence-corrected chi connectivity index (χ0v) is 20.5. The van der Waals surface area contributed by atoms with Crippen molar-refractivity contribution in [3.63, 3.8) is 0 Å². The minimum absolute atomic E-state index is 0.0921. The monoisotopic (exact) mass is 518 g/mol. The largest absolute Gasteiger partial charge is 0.489 e. The van der Waals surface area contributed by atoms with Gasteiger partial charge >= 0.3 is 5.97 Å². The van der Waals surface area contributed by atoms with Gasteiger partial charge in [0.2, 0.25) is 0 Å². The van der Waals surface area contributed by atoms with E-state index in [-0.39, 0.29) is 17.7 Å². The highest BCUT2D eigenvalue weighted by molar-refractivity contribution is 5.96. The number of aryl methyl sites for hydroxylation is 1. The number of ether oxygens (including phenoxy) is 2. The van der Waals surface area contributed by atoms with Crippen LogP contribution in [0.4, 0.5) is 11.4 Å². The average Bonchev–Trinajstić information content (AvgIpc) is 3.28. The molecule has 0 unspecified atom stereocenters. The second-order valence-electron chi connectivity index (χ2n) is 8.77. The van der Waals surface area contributed by atoms with Crippen LogP contribution in [0.3, 0.4) is 0 Å². The first-order valence-electron chi connectivity index (χ1n) is 11.6. The van der Waals surface area contributed by atoms with Gasteiger partial charge in [0.05, 0.1) is 53.8 Å². The third-order valence-corrected chi connectivity index (χ3v) is 6.15. The highest BCUT2D eigenvalue weighted by atomic mass is 16.5. The second kappa shape index (κ2) is 11.2. The van der Waals surface area contributed by atoms with Gasteiger partial charge in [-0.3, -0.25) is 0 Å². The molecule has 11 nitrogen and oxygen atoms in total. The number of aliphatic hydroxyl groups is 3. The minimum Gasteiger partial charge on any atom is -0.489 e. The van der Waals surface area contributed by atoms with E-state index < -0.39 is 31.2 Å². The Kier molecular flexibility index (Phi) is 7.78. The summed E-state index contributed by atoms with van der Waals surface area (Å²) < 4.78 is 13.1. The quantitative estimate of drug-likeness (QED) is 0.199. The number of benzene rings is 2. The topological polar surface area (TPSA) is 170 Å². The zero-order chi connectivity index (χ0) is 27.3. The summed E-state index contributed by atoms with van der Waals surface area (Å²) in [7, 11) is 0. The van der Waals surface area contributed by atoms with Crippen LogP contribution in [-0.4, -0.2) is 62.4 Å². The van der Waals surface area contributed by atoms with E-state index in [1.54, 1.807) is 55.5 Å². The molecule has 0 radical (unpaired) electrons. The van der Waals surface area contributed by atoms with Gasteiger partial charge in [0.15, 0.2) is 11.5 Å². The van der Waals surface area contributed by atoms with Gasteiger partial charge in [-0.25, -0.2) is 9.31 Å². The molecule has 0 saturated carbocycles. The van der Waals surface area contributed by atoms with Crippen LogP contribution < -0.4 is 14.8 Å². The summed E-state index contributed by atoms with van der Waals surface area (Å²) in [6, 6.07) is 15.9. The van der Waals surface area contributed by atoms with Crippen molar-refractivity contribution in [2.75, 3.05) is 31.7 Å². The van der Waals surface area contributed by atoms with Gasteiger partial charge in [-0.1, -0.05) is 12.1 Å². The molecule has 0 aliphatic heterocycles. The van der Waals surface area contributed by atoms with Crippen LogP contribution in [0, 0.1) is 23.7 Å². The van der Waals surface area contributed by atoms with E-state index >= 15 is 0 Å². The van der Waals surface area contributed by atoms with E-state index in [0.29, 0.717) is 39.7 Å². The van der Waals surface area contributed by atoms with Crippen molar-refractivity contribution in [2.24, 2.45) is 5.41 Å². The number of aromatic carboxylic acids is 1. The second-order valence-corrected chi connectivity index (χ2v) is 8.77. The molecule has 0 amide bonds. The number of rotatable bonds is 11. The molecule has 2 aromatic heterocycles. The number of carboxylic acids is 1. The smallest absolute Gasteiger partial charge is 0.337 e. The van der Waals surface area contributed by atoms with Crippen LogP contribution in [0.15, 0.2) is 60.9 Å². The molecule has 2 aromatic carbocycles. The predicted octanol–water partition coefficient (Wildman–Crippen LogP) is 3.09. The molecule has 0 fully saturated rings. The molecular weight excluding hydrogens is 492 g/mol. The summed E-state index contributed by atoms with van der Waals surface area (Å²) in [5, 5.41) is 55.0. The van der Waals surface area contributed by atoms with Crippen LogP contribution in [0.25, 0.3) is 5.52 Å². The Balaban J connectivity index is 1.56. The van der Waals surface area contributed by atoms with Crippen molar-refractivity contribution >= 4 is 22.9 Å². The molecule has 38 heavy (non-hydrogen) atoms. The number of nitriles is 1. The lowest BCUT2D eigenvalue weighted by Crippen LogP contribution is -2.39. The number of anilines is 2. The standard InChI is InChI=1S/C27H26N4O7/c1-17-21(26(35)36)12-31-25(17)24(18(10-28)11-29-31)30-19-6-8-20(9-7-19)38-23-5-3-2-4-22(23)37-16-27(13-32,14-33)15-34/h2-9,11-12,30,32-34H,13-16H2,1H3,(H,35,36). The first kappa shape index (κ1) is 26.4. The van der Waals surface area contributed by atoms with Gasteiger partial charge in [0.25, 0.3) is 0 Å². The van der Waals surface area contributed by atoms with Crippen molar-refractivity contribution < 1.29 is 34.7 Å². The lowest BCUT2D eigenvalue weighted by atomic mass is 9.93. The van der Waals surface area contributed by atoms with E-state index in [9.17, 15) is 30.5 Å². The molecule has 0 atom stereocenters. The molecular formula is C27H26N4O7. The summed E-state index contributed by atoms with van der Waals surface area (Å²) in [4.78, 5) is 11.6. The summed E-state index contributed by atoms with van der Waals surface area (Å²) in [5.74, 6) is 0.156. The van der Waals surface area contributed by atoms with Crippen LogP contribution >= 0.6 is 0 Å². The van der Waals surface area contributed by atoms with Crippen LogP contribution in [-0.2, 0) is 0 Å². The Morgan fingerprint density at radius 1 is 1.08 bits per heavy atom. The van der Waals surface area contributed by atoms with Gasteiger partial charge in [-0.2, -0.15) is 10.4 Å². The number of nitrogens with zero attached hydrogens (tertiary/aromatic N) is 3. The Morgan fingerprint density at radius 3 is 2.34 bits per heavy atom. The molecule has 4 rings (SSSR count). The zero-order valence-electron chi connectivity index (χ0n) is 20.5. The molecule has 2 heterocycles. The fraction of sp³-hybridized carbons (Fsp3) is 0.222. The maximum atomic E-state index is 11.6. The molecule has 0 saturated heterocycles. The summed E-state index contributed by atoms with van der Waals surface area (Å²) in [5.41, 5.74) is 1.18. The molecule has 0 aliphatic rings. The van der Waals surface area contributed by atoms with Gasteiger partial charge < -0.3 is 35.2 Å². The lowest BCUT2D eigenvalue weighted by Gasteiger charge is -2.27. The average molecular weight is 519 g/mol. The Labute approximate surface area is 217 Å². The molecule has 11 heteroatoms. The first-order valence-corrected chi connectivity index (χ1v) is 11.6. The third kappa shape index (κ3) is 5.23. The number of hydrogen-bond donors (Lipinski definition) is 5. The Bertz CT molecular complexity index is 1480. The number of aromatic nitrogens is 2. The molecule has 196 valence electrons. The van der Waals surface area contributed by atoms with E-state index in [2.05, 4.69) is 16.5 Å². The number of fused-ring (bicyclic) bond motifs is 1. The van der Waals surface area contributed by atoms with Gasteiger partial charge in [0, 0.05) is 11.9 Å². The van der Waals surface area contributed by atoms with Gasteiger partial charge in [-0.15, -0.1) is 0 Å². The molecule has 0 aliphatic carbocycles. The van der Waals surface area contributed by atoms with E-state index in [1.807, 2.05) is 0 Å². The third-order valence-electron chi connectivity index (χ3n) is 6.15. The maximum absolute atomic E-state index is 11.6. The van der Waals surface area contributed by atoms with E-state index in [4.69, 9.17) is 9.47 Å². The molecule has 4 aromatic rings. The van der Waals surface area contributed by atoms with Gasteiger partial charge in [0.1, 0.15) is 18.4 Å². The summed E-state index contributed by atoms with van der Waals surface area (Å²) in [6.07, 6.45) is 2.77. The van der Waals surface area contributed by atoms with E-state index in [0.717, 1.165) is 0 Å². The highest BCUT2D eigenvalue weighted by Crippen LogP contribution is 2.34. The first-order chi connectivity index (χ1) is 18.3. The number of para-hydroxylation sites is 2. The number of carboxylic acid groups (broad SMARTS) is 1. The normalized spacial score (nSPS) is 11.2. The number of carbonyl (C=O) groups is 1. The highest BCUT2D eigenvalue weighted by Gasteiger charge is 2.29. The van der Waals surface area contributed by atoms with Crippen molar-refractivity contribution in [1.82, 2.24) is 9.61 Å². The van der Waals surface area contributed by atoms with Crippen molar-refractivity contribution in [3.05, 3.63) is 77.6 Å². The lowest BCUT2D eigenvalue weighted by molar-refractivity contribution is -0.0262. The van der Waals surface area contributed by atoms with E-state index in [1.165, 1.54) is 16.9 Å². The Hall–Kier alpha value is -4.63. The minimum atomic E-state index is -1.19. The van der Waals surface area contributed by atoms with Crippen LogP contribution in [0.5, 0.6) is 17.2 Å². The fourth-order valence-corrected chi connectivity index (χ4v) is 3.76. The maximum Gasteiger partial charge on any atom is 0.337 e. The van der Waals surface area contributed by atoms with Gasteiger partial charge in [-0.05, 0) is 48.9 Å². The number of hydrogen-bond acceptors (Lipinski definition) is 9. The Morgan fingerprint density at radius 2 is 1.74 bits per heavy atom. The van der Waals surface area contributed by atoms with Crippen LogP contribution in [0.2, 0.25) is 0 Å². The number of aliphatic hydroxyl groups excluding tert-OH is 3. The summed E-state index contributed by atoms with van der Waals surface area (Å²) >= 11 is 0. The predicted molar refractivity (Wildman–Crippen MR) is 137 cm³/mol. The SMILES string of the molecule is Cc1c(C(=O)O)cn2ncc(C#N)c(Nc3ccc(Oc4ccccc4OCC(CO)(CO)CO)cc3)c12. The molecule has 0 bridgehead atoms. The number of nitrogens with one attached hydrogen (secondary N) is 1. The molecule has 5 N–H and O–H groups in total. The van der Waals surface area contributed by atoms with Crippen molar-refractivity contribution in [2.45, 2.75) is 6.92 Å². The summed E-state index contributed by atoms with van der Waals surface area (Å²) in [6.45, 7) is 0.193.